The summed E-state index contributed by atoms with van der Waals surface area (Å²) >= 11 is 0. The number of hydrogen-bond acceptors (Lipinski definition) is 3. The van der Waals surface area contributed by atoms with E-state index in [9.17, 15) is 13.6 Å². The van der Waals surface area contributed by atoms with Crippen molar-refractivity contribution in [3.8, 4) is 11.3 Å². The van der Waals surface area contributed by atoms with Gasteiger partial charge in [-0.25, -0.2) is 13.8 Å². The molecule has 0 unspecified atom stereocenters. The van der Waals surface area contributed by atoms with E-state index in [2.05, 4.69) is 10.3 Å². The number of hydrogen-bond donors (Lipinski definition) is 2. The quantitative estimate of drug-likeness (QED) is 0.718. The monoisotopic (exact) mass is 342 g/mol. The molecule has 3 N–H and O–H groups in total. The van der Waals surface area contributed by atoms with Crippen molar-refractivity contribution in [2.45, 2.75) is 12.6 Å². The number of benzene rings is 1. The second kappa shape index (κ2) is 5.54. The van der Waals surface area contributed by atoms with Crippen LogP contribution in [0.4, 0.5) is 20.3 Å². The van der Waals surface area contributed by atoms with Crippen LogP contribution in [0.25, 0.3) is 22.0 Å². The zero-order valence-electron chi connectivity index (χ0n) is 13.5. The van der Waals surface area contributed by atoms with Gasteiger partial charge in [0.1, 0.15) is 12.0 Å². The first-order chi connectivity index (χ1) is 12.0. The lowest BCUT2D eigenvalue weighted by Gasteiger charge is -2.12. The fraction of sp³-hybridized carbons (Fsp3) is 0.222. The van der Waals surface area contributed by atoms with E-state index in [1.807, 2.05) is 19.3 Å². The van der Waals surface area contributed by atoms with E-state index < -0.39 is 23.8 Å². The summed E-state index contributed by atoms with van der Waals surface area (Å²) in [5.41, 5.74) is 7.00. The minimum atomic E-state index is -1.07. The van der Waals surface area contributed by atoms with Crippen LogP contribution in [0.1, 0.15) is 6.42 Å². The fourth-order valence-electron chi connectivity index (χ4n) is 2.95. The van der Waals surface area contributed by atoms with Crippen molar-refractivity contribution in [2.24, 2.45) is 13.0 Å². The molecule has 4 rings (SSSR count). The summed E-state index contributed by atoms with van der Waals surface area (Å²) in [5, 5.41) is 3.70. The van der Waals surface area contributed by atoms with Gasteiger partial charge in [-0.2, -0.15) is 0 Å². The molecule has 3 aromatic rings. The molecule has 0 saturated heterocycles. The topological polar surface area (TPSA) is 72.9 Å². The Hall–Kier alpha value is -2.96. The highest BCUT2D eigenvalue weighted by atomic mass is 19.1. The normalized spacial score (nSPS) is 19.2. The second-order valence-electron chi connectivity index (χ2n) is 6.29. The number of aryl methyl sites for hydroxylation is 1. The predicted molar refractivity (Wildman–Crippen MR) is 92.2 cm³/mol. The number of nitrogen functional groups attached to an aromatic ring is 1. The van der Waals surface area contributed by atoms with Crippen molar-refractivity contribution in [2.75, 3.05) is 11.1 Å². The largest absolute Gasteiger partial charge is 0.396 e. The molecule has 1 fully saturated rings. The van der Waals surface area contributed by atoms with E-state index in [0.29, 0.717) is 27.8 Å². The average molecular weight is 342 g/mol. The SMILES string of the molecule is Cn1cccc1-c1cc2cc(NC(=O)[C@@H]3C[C@H]3F)ncc2c(N)c1F. The number of aromatic nitrogens is 2. The first-order valence-corrected chi connectivity index (χ1v) is 7.90. The Labute approximate surface area is 142 Å². The number of rotatable bonds is 3. The molecule has 0 spiro atoms. The first kappa shape index (κ1) is 15.6. The van der Waals surface area contributed by atoms with E-state index >= 15 is 0 Å². The summed E-state index contributed by atoms with van der Waals surface area (Å²) in [4.78, 5) is 15.9. The third kappa shape index (κ3) is 2.61. The van der Waals surface area contributed by atoms with Crippen molar-refractivity contribution in [3.63, 3.8) is 0 Å². The summed E-state index contributed by atoms with van der Waals surface area (Å²) in [6.45, 7) is 0. The highest BCUT2D eigenvalue weighted by Crippen LogP contribution is 2.36. The average Bonchev–Trinajstić information content (AvgIpc) is 3.17. The lowest BCUT2D eigenvalue weighted by atomic mass is 10.0. The highest BCUT2D eigenvalue weighted by Gasteiger charge is 2.43. The number of fused-ring (bicyclic) bond motifs is 1. The van der Waals surface area contributed by atoms with E-state index in [0.717, 1.165) is 0 Å². The number of alkyl halides is 1. The van der Waals surface area contributed by atoms with Gasteiger partial charge < -0.3 is 15.6 Å². The van der Waals surface area contributed by atoms with Crippen molar-refractivity contribution < 1.29 is 13.6 Å². The summed E-state index contributed by atoms with van der Waals surface area (Å²) in [6.07, 6.45) is 2.40. The van der Waals surface area contributed by atoms with Crippen LogP contribution in [0, 0.1) is 11.7 Å². The number of nitrogens with one attached hydrogen (secondary N) is 1. The van der Waals surface area contributed by atoms with Gasteiger partial charge in [-0.15, -0.1) is 0 Å². The van der Waals surface area contributed by atoms with Crippen LogP contribution < -0.4 is 11.1 Å². The Kier molecular flexibility index (Phi) is 3.45. The van der Waals surface area contributed by atoms with Crippen LogP contribution >= 0.6 is 0 Å². The van der Waals surface area contributed by atoms with Gasteiger partial charge in [0.2, 0.25) is 5.91 Å². The van der Waals surface area contributed by atoms with Gasteiger partial charge in [-0.1, -0.05) is 0 Å². The summed E-state index contributed by atoms with van der Waals surface area (Å²) in [5.74, 6) is -1.21. The third-order valence-electron chi connectivity index (χ3n) is 4.52. The minimum Gasteiger partial charge on any atom is -0.396 e. The van der Waals surface area contributed by atoms with Crippen LogP contribution in [-0.4, -0.2) is 21.6 Å². The van der Waals surface area contributed by atoms with Gasteiger partial charge >= 0.3 is 0 Å². The maximum Gasteiger partial charge on any atom is 0.231 e. The zero-order valence-corrected chi connectivity index (χ0v) is 13.5. The van der Waals surface area contributed by atoms with Crippen LogP contribution in [0.3, 0.4) is 0 Å². The molecule has 2 aromatic heterocycles. The fourth-order valence-corrected chi connectivity index (χ4v) is 2.95. The molecule has 1 amide bonds. The summed E-state index contributed by atoms with van der Waals surface area (Å²) < 4.78 is 29.4. The summed E-state index contributed by atoms with van der Waals surface area (Å²) in [6, 6.07) is 6.90. The van der Waals surface area contributed by atoms with Crippen LogP contribution in [0.15, 0.2) is 36.7 Å². The van der Waals surface area contributed by atoms with E-state index in [-0.39, 0.29) is 12.1 Å². The Morgan fingerprint density at radius 2 is 2.20 bits per heavy atom. The Morgan fingerprint density at radius 1 is 1.44 bits per heavy atom. The van der Waals surface area contributed by atoms with Crippen molar-refractivity contribution in [1.29, 1.82) is 0 Å². The first-order valence-electron chi connectivity index (χ1n) is 7.90. The standard InChI is InChI=1S/C18H16F2N4O/c1-24-4-2-3-14(24)11-5-9-6-15(23-18(25)10-7-13(10)19)22-8-12(9)17(21)16(11)20/h2-6,8,10,13H,7,21H2,1H3,(H,22,23,25)/t10-,13-/m1/s1. The van der Waals surface area contributed by atoms with E-state index in [1.165, 1.54) is 6.20 Å². The van der Waals surface area contributed by atoms with Gasteiger partial charge in [-0.05, 0) is 36.1 Å². The smallest absolute Gasteiger partial charge is 0.231 e. The lowest BCUT2D eigenvalue weighted by Crippen LogP contribution is -2.15. The molecule has 2 heterocycles. The number of carbonyl (C=O) groups is 1. The van der Waals surface area contributed by atoms with Crippen molar-refractivity contribution >= 4 is 28.2 Å². The number of nitrogens with zero attached hydrogens (tertiary/aromatic N) is 2. The molecule has 1 aromatic carbocycles. The molecule has 1 saturated carbocycles. The maximum absolute atomic E-state index is 14.7. The zero-order chi connectivity index (χ0) is 17.7. The molecule has 2 atom stereocenters. The molecule has 7 heteroatoms. The van der Waals surface area contributed by atoms with Gasteiger partial charge in [0, 0.05) is 30.4 Å². The van der Waals surface area contributed by atoms with Crippen molar-refractivity contribution in [3.05, 3.63) is 42.5 Å². The number of amides is 1. The molecule has 5 nitrogen and oxygen atoms in total. The van der Waals surface area contributed by atoms with Gasteiger partial charge in [0.15, 0.2) is 5.82 Å². The molecule has 0 bridgehead atoms. The molecular formula is C18H16F2N4O. The number of nitrogens with two attached hydrogens (primary N) is 1. The Balaban J connectivity index is 1.77. The Bertz CT molecular complexity index is 998. The number of pyridine rings is 1. The predicted octanol–water partition coefficient (Wildman–Crippen LogP) is 3.26. The Morgan fingerprint density at radius 3 is 2.84 bits per heavy atom. The second-order valence-corrected chi connectivity index (χ2v) is 6.29. The number of anilines is 2. The van der Waals surface area contributed by atoms with Crippen LogP contribution in [0.5, 0.6) is 0 Å². The third-order valence-corrected chi connectivity index (χ3v) is 4.52. The minimum absolute atomic E-state index is 0.00471. The molecule has 1 aliphatic carbocycles. The van der Waals surface area contributed by atoms with E-state index in [4.69, 9.17) is 5.73 Å². The molecule has 25 heavy (non-hydrogen) atoms. The molecule has 1 aliphatic rings. The lowest BCUT2D eigenvalue weighted by molar-refractivity contribution is -0.117. The molecule has 0 aliphatic heterocycles. The van der Waals surface area contributed by atoms with Crippen molar-refractivity contribution in [1.82, 2.24) is 9.55 Å². The van der Waals surface area contributed by atoms with Gasteiger partial charge in [0.05, 0.1) is 17.3 Å². The molecule has 0 radical (unpaired) electrons. The van der Waals surface area contributed by atoms with Crippen LogP contribution in [0.2, 0.25) is 0 Å². The van der Waals surface area contributed by atoms with Crippen LogP contribution in [-0.2, 0) is 11.8 Å². The maximum atomic E-state index is 14.7. The van der Waals surface area contributed by atoms with E-state index in [1.54, 1.807) is 22.8 Å². The highest BCUT2D eigenvalue weighted by molar-refractivity contribution is 6.00. The molecular weight excluding hydrogens is 326 g/mol. The number of halogens is 2. The summed E-state index contributed by atoms with van der Waals surface area (Å²) in [7, 11) is 1.82. The number of carbonyl (C=O) groups excluding carboxylic acids is 1. The molecule has 128 valence electrons. The van der Waals surface area contributed by atoms with Gasteiger partial charge in [-0.3, -0.25) is 4.79 Å². The van der Waals surface area contributed by atoms with Gasteiger partial charge in [0.25, 0.3) is 0 Å².